The number of hydrazine groups is 1. The molecule has 0 fully saturated rings. The van der Waals surface area contributed by atoms with E-state index in [1.165, 1.54) is 11.8 Å². The highest BCUT2D eigenvalue weighted by Gasteiger charge is 2.11. The summed E-state index contributed by atoms with van der Waals surface area (Å²) in [5, 5.41) is 8.41. The second-order valence-electron chi connectivity index (χ2n) is 4.98. The molecular formula is C16H15N5O3S. The summed E-state index contributed by atoms with van der Waals surface area (Å²) in [4.78, 5) is 23.7. The SMILES string of the molecule is O=C(CSc1nncn1Cc1ccco1)NNC(=O)c1ccccc1. The zero-order valence-corrected chi connectivity index (χ0v) is 13.9. The number of furan rings is 1. The van der Waals surface area contributed by atoms with Crippen LogP contribution in [0.15, 0.2) is 64.6 Å². The molecule has 0 radical (unpaired) electrons. The van der Waals surface area contributed by atoms with Crippen molar-refractivity contribution in [1.29, 1.82) is 0 Å². The van der Waals surface area contributed by atoms with Gasteiger partial charge in [-0.15, -0.1) is 10.2 Å². The molecule has 0 bridgehead atoms. The highest BCUT2D eigenvalue weighted by atomic mass is 32.2. The first-order chi connectivity index (χ1) is 12.2. The molecule has 2 N–H and O–H groups in total. The van der Waals surface area contributed by atoms with Crippen LogP contribution in [0.2, 0.25) is 0 Å². The second kappa shape index (κ2) is 8.15. The van der Waals surface area contributed by atoms with E-state index >= 15 is 0 Å². The Kier molecular flexibility index (Phi) is 5.47. The van der Waals surface area contributed by atoms with Gasteiger partial charge in [0.1, 0.15) is 12.1 Å². The van der Waals surface area contributed by atoms with E-state index in [2.05, 4.69) is 21.0 Å². The van der Waals surface area contributed by atoms with Crippen LogP contribution < -0.4 is 10.9 Å². The minimum atomic E-state index is -0.375. The zero-order valence-electron chi connectivity index (χ0n) is 13.1. The summed E-state index contributed by atoms with van der Waals surface area (Å²) in [5.41, 5.74) is 5.21. The molecule has 3 rings (SSSR count). The van der Waals surface area contributed by atoms with Crippen LogP contribution in [0, 0.1) is 0 Å². The maximum atomic E-state index is 11.9. The number of aromatic nitrogens is 3. The lowest BCUT2D eigenvalue weighted by atomic mass is 10.2. The summed E-state index contributed by atoms with van der Waals surface area (Å²) in [5.74, 6) is 0.134. The van der Waals surface area contributed by atoms with Gasteiger partial charge in [0.15, 0.2) is 5.16 Å². The van der Waals surface area contributed by atoms with Crippen LogP contribution in [0.25, 0.3) is 0 Å². The van der Waals surface area contributed by atoms with Gasteiger partial charge in [-0.3, -0.25) is 20.4 Å². The van der Waals surface area contributed by atoms with Crippen molar-refractivity contribution < 1.29 is 14.0 Å². The monoisotopic (exact) mass is 357 g/mol. The number of nitrogens with zero attached hydrogens (tertiary/aromatic N) is 3. The molecule has 2 aromatic heterocycles. The van der Waals surface area contributed by atoms with Crippen LogP contribution in [-0.4, -0.2) is 32.3 Å². The van der Waals surface area contributed by atoms with E-state index in [9.17, 15) is 9.59 Å². The largest absolute Gasteiger partial charge is 0.467 e. The van der Waals surface area contributed by atoms with Crippen LogP contribution in [-0.2, 0) is 11.3 Å². The van der Waals surface area contributed by atoms with E-state index < -0.39 is 0 Å². The van der Waals surface area contributed by atoms with E-state index in [1.807, 2.05) is 12.1 Å². The molecule has 0 saturated heterocycles. The Morgan fingerprint density at radius 2 is 1.96 bits per heavy atom. The predicted molar refractivity (Wildman–Crippen MR) is 90.6 cm³/mol. The van der Waals surface area contributed by atoms with Gasteiger partial charge < -0.3 is 8.98 Å². The molecule has 8 nitrogen and oxygen atoms in total. The van der Waals surface area contributed by atoms with Crippen molar-refractivity contribution in [3.8, 4) is 0 Å². The summed E-state index contributed by atoms with van der Waals surface area (Å²) in [6, 6.07) is 12.3. The Morgan fingerprint density at radius 1 is 1.12 bits per heavy atom. The standard InChI is InChI=1S/C16H15N5O3S/c22-14(18-19-15(23)12-5-2-1-3-6-12)10-25-16-20-17-11-21(16)9-13-7-4-8-24-13/h1-8,11H,9-10H2,(H,18,22)(H,19,23). The molecule has 0 aliphatic carbocycles. The summed E-state index contributed by atoms with van der Waals surface area (Å²) < 4.78 is 7.06. The average Bonchev–Trinajstić information content (AvgIpc) is 3.31. The van der Waals surface area contributed by atoms with E-state index in [0.717, 1.165) is 5.76 Å². The quantitative estimate of drug-likeness (QED) is 0.512. The molecular weight excluding hydrogens is 342 g/mol. The Hall–Kier alpha value is -3.07. The Morgan fingerprint density at radius 3 is 2.72 bits per heavy atom. The van der Waals surface area contributed by atoms with E-state index in [4.69, 9.17) is 4.42 Å². The number of hydrogen-bond donors (Lipinski definition) is 2. The second-order valence-corrected chi connectivity index (χ2v) is 5.92. The Bertz CT molecular complexity index is 833. The molecule has 0 aliphatic rings. The first kappa shape index (κ1) is 16.8. The summed E-state index contributed by atoms with van der Waals surface area (Å²) in [6.07, 6.45) is 3.16. The molecule has 0 saturated carbocycles. The fraction of sp³-hybridized carbons (Fsp3) is 0.125. The molecule has 2 heterocycles. The minimum absolute atomic E-state index is 0.0892. The van der Waals surface area contributed by atoms with E-state index in [1.54, 1.807) is 47.5 Å². The molecule has 0 atom stereocenters. The normalized spacial score (nSPS) is 10.4. The maximum Gasteiger partial charge on any atom is 0.269 e. The van der Waals surface area contributed by atoms with Gasteiger partial charge >= 0.3 is 0 Å². The van der Waals surface area contributed by atoms with Crippen molar-refractivity contribution in [2.24, 2.45) is 0 Å². The number of hydrogen-bond acceptors (Lipinski definition) is 6. The molecule has 25 heavy (non-hydrogen) atoms. The first-order valence-corrected chi connectivity index (χ1v) is 8.38. The van der Waals surface area contributed by atoms with Gasteiger partial charge in [0.2, 0.25) is 5.91 Å². The molecule has 2 amide bonds. The molecule has 0 unspecified atom stereocenters. The molecule has 1 aromatic carbocycles. The van der Waals surface area contributed by atoms with Crippen molar-refractivity contribution in [2.75, 3.05) is 5.75 Å². The minimum Gasteiger partial charge on any atom is -0.467 e. The average molecular weight is 357 g/mol. The molecule has 0 aliphatic heterocycles. The fourth-order valence-corrected chi connectivity index (χ4v) is 2.70. The van der Waals surface area contributed by atoms with Gasteiger partial charge in [0.25, 0.3) is 5.91 Å². The van der Waals surface area contributed by atoms with Crippen molar-refractivity contribution in [1.82, 2.24) is 25.6 Å². The third-order valence-corrected chi connectivity index (χ3v) is 4.15. The molecule has 9 heteroatoms. The summed E-state index contributed by atoms with van der Waals surface area (Å²) in [7, 11) is 0. The Labute approximate surface area is 147 Å². The van der Waals surface area contributed by atoms with Crippen LogP contribution in [0.4, 0.5) is 0 Å². The van der Waals surface area contributed by atoms with Crippen LogP contribution in [0.3, 0.4) is 0 Å². The zero-order chi connectivity index (χ0) is 17.5. The molecule has 128 valence electrons. The van der Waals surface area contributed by atoms with Crippen molar-refractivity contribution in [3.63, 3.8) is 0 Å². The fourth-order valence-electron chi connectivity index (χ4n) is 1.99. The lowest BCUT2D eigenvalue weighted by molar-refractivity contribution is -0.119. The van der Waals surface area contributed by atoms with Crippen LogP contribution in [0.1, 0.15) is 16.1 Å². The Balaban J connectivity index is 1.47. The number of carbonyl (C=O) groups excluding carboxylic acids is 2. The maximum absolute atomic E-state index is 11.9. The third-order valence-electron chi connectivity index (χ3n) is 3.17. The van der Waals surface area contributed by atoms with Gasteiger partial charge in [-0.25, -0.2) is 0 Å². The number of carbonyl (C=O) groups is 2. The summed E-state index contributed by atoms with van der Waals surface area (Å²) in [6.45, 7) is 0.481. The topological polar surface area (TPSA) is 102 Å². The third kappa shape index (κ3) is 4.70. The van der Waals surface area contributed by atoms with Crippen LogP contribution >= 0.6 is 11.8 Å². The van der Waals surface area contributed by atoms with Crippen LogP contribution in [0.5, 0.6) is 0 Å². The number of rotatable bonds is 6. The first-order valence-electron chi connectivity index (χ1n) is 7.39. The highest BCUT2D eigenvalue weighted by Crippen LogP contribution is 2.16. The van der Waals surface area contributed by atoms with E-state index in [-0.39, 0.29) is 17.6 Å². The van der Waals surface area contributed by atoms with Gasteiger partial charge in [0.05, 0.1) is 18.6 Å². The number of amides is 2. The predicted octanol–water partition coefficient (Wildman–Crippen LogP) is 1.47. The summed E-state index contributed by atoms with van der Waals surface area (Å²) >= 11 is 1.22. The number of benzene rings is 1. The molecule has 3 aromatic rings. The van der Waals surface area contributed by atoms with E-state index in [0.29, 0.717) is 17.3 Å². The van der Waals surface area contributed by atoms with Gasteiger partial charge in [-0.2, -0.15) is 0 Å². The number of thioether (sulfide) groups is 1. The van der Waals surface area contributed by atoms with Crippen molar-refractivity contribution in [2.45, 2.75) is 11.7 Å². The van der Waals surface area contributed by atoms with Gasteiger partial charge in [-0.05, 0) is 24.3 Å². The van der Waals surface area contributed by atoms with Gasteiger partial charge in [0, 0.05) is 5.56 Å². The smallest absolute Gasteiger partial charge is 0.269 e. The lowest BCUT2D eigenvalue weighted by Crippen LogP contribution is -2.42. The molecule has 0 spiro atoms. The number of nitrogens with one attached hydrogen (secondary N) is 2. The lowest BCUT2D eigenvalue weighted by Gasteiger charge is -2.07. The van der Waals surface area contributed by atoms with Crippen molar-refractivity contribution in [3.05, 3.63) is 66.4 Å². The highest BCUT2D eigenvalue weighted by molar-refractivity contribution is 7.99. The van der Waals surface area contributed by atoms with Crippen molar-refractivity contribution >= 4 is 23.6 Å². The van der Waals surface area contributed by atoms with Gasteiger partial charge in [-0.1, -0.05) is 30.0 Å².